The molecule has 0 radical (unpaired) electrons. The van der Waals surface area contributed by atoms with Crippen LogP contribution in [0.5, 0.6) is 5.75 Å². The molecule has 0 aromatic heterocycles. The van der Waals surface area contributed by atoms with Crippen LogP contribution in [-0.4, -0.2) is 39.4 Å². The van der Waals surface area contributed by atoms with Gasteiger partial charge in [-0.2, -0.15) is 0 Å². The van der Waals surface area contributed by atoms with Crippen molar-refractivity contribution in [2.45, 2.75) is 33.5 Å². The Morgan fingerprint density at radius 1 is 0.900 bits per heavy atom. The molecule has 2 aromatic carbocycles. The first kappa shape index (κ1) is 26.2. The fraction of sp³-hybridized carbons (Fsp3) is 0.435. The smallest absolute Gasteiger partial charge is 0.191 e. The first-order valence-electron chi connectivity index (χ1n) is 10.1. The van der Waals surface area contributed by atoms with Crippen molar-refractivity contribution < 1.29 is 14.2 Å². The zero-order valence-corrected chi connectivity index (χ0v) is 20.5. The number of rotatable bonds is 12. The van der Waals surface area contributed by atoms with E-state index in [1.807, 2.05) is 31.2 Å². The lowest BCUT2D eigenvalue weighted by Gasteiger charge is -2.12. The minimum absolute atomic E-state index is 0. The molecule has 0 amide bonds. The first-order valence-corrected chi connectivity index (χ1v) is 10.1. The Bertz CT molecular complexity index is 756. The minimum Gasteiger partial charge on any atom is -0.497 e. The molecule has 0 atom stereocenters. The third-order valence-electron chi connectivity index (χ3n) is 4.19. The number of nitrogens with one attached hydrogen (secondary N) is 2. The summed E-state index contributed by atoms with van der Waals surface area (Å²) < 4.78 is 16.2. The molecular formula is C23H34IN3O3. The second-order valence-electron chi connectivity index (χ2n) is 6.47. The maximum Gasteiger partial charge on any atom is 0.191 e. The van der Waals surface area contributed by atoms with Gasteiger partial charge in [0.2, 0.25) is 0 Å². The van der Waals surface area contributed by atoms with Crippen molar-refractivity contribution in [3.63, 3.8) is 0 Å². The molecule has 2 aromatic rings. The predicted octanol–water partition coefficient (Wildman–Crippen LogP) is 4.12. The number of methoxy groups -OCH3 is 1. The molecule has 2 N–H and O–H groups in total. The van der Waals surface area contributed by atoms with Crippen LogP contribution in [0.3, 0.4) is 0 Å². The third kappa shape index (κ3) is 10.3. The molecule has 0 unspecified atom stereocenters. The van der Waals surface area contributed by atoms with E-state index < -0.39 is 0 Å². The molecule has 0 saturated carbocycles. The summed E-state index contributed by atoms with van der Waals surface area (Å²) in [7, 11) is 1.68. The van der Waals surface area contributed by atoms with Crippen LogP contribution in [-0.2, 0) is 29.2 Å². The van der Waals surface area contributed by atoms with Gasteiger partial charge in [-0.15, -0.1) is 24.0 Å². The average Bonchev–Trinajstić information content (AvgIpc) is 2.76. The van der Waals surface area contributed by atoms with Gasteiger partial charge < -0.3 is 24.8 Å². The second-order valence-corrected chi connectivity index (χ2v) is 6.47. The SMILES string of the molecule is CCNC(=NCc1cccc(COCCOCC)c1)NCc1cccc(OC)c1.I. The van der Waals surface area contributed by atoms with Crippen LogP contribution >= 0.6 is 24.0 Å². The Kier molecular flexibility index (Phi) is 13.9. The summed E-state index contributed by atoms with van der Waals surface area (Å²) >= 11 is 0. The molecule has 2 rings (SSSR count). The Labute approximate surface area is 197 Å². The molecule has 166 valence electrons. The zero-order chi connectivity index (χ0) is 20.7. The topological polar surface area (TPSA) is 64.1 Å². The van der Waals surface area contributed by atoms with E-state index in [4.69, 9.17) is 19.2 Å². The molecule has 7 heteroatoms. The molecule has 0 aliphatic heterocycles. The Balaban J connectivity index is 0.00000450. The number of hydrogen-bond acceptors (Lipinski definition) is 4. The quantitative estimate of drug-likeness (QED) is 0.188. The van der Waals surface area contributed by atoms with Gasteiger partial charge in [-0.3, -0.25) is 0 Å². The van der Waals surface area contributed by atoms with Crippen molar-refractivity contribution in [3.8, 4) is 5.75 Å². The van der Waals surface area contributed by atoms with Crippen molar-refractivity contribution in [3.05, 3.63) is 65.2 Å². The van der Waals surface area contributed by atoms with E-state index in [0.717, 1.165) is 41.6 Å². The van der Waals surface area contributed by atoms with Gasteiger partial charge in [-0.25, -0.2) is 4.99 Å². The molecule has 0 spiro atoms. The van der Waals surface area contributed by atoms with Crippen LogP contribution in [0.15, 0.2) is 53.5 Å². The van der Waals surface area contributed by atoms with Crippen molar-refractivity contribution in [1.82, 2.24) is 10.6 Å². The summed E-state index contributed by atoms with van der Waals surface area (Å²) in [6.07, 6.45) is 0. The van der Waals surface area contributed by atoms with Crippen LogP contribution in [0.25, 0.3) is 0 Å². The van der Waals surface area contributed by atoms with Gasteiger partial charge in [-0.05, 0) is 42.7 Å². The number of hydrogen-bond donors (Lipinski definition) is 2. The van der Waals surface area contributed by atoms with Crippen LogP contribution < -0.4 is 15.4 Å². The van der Waals surface area contributed by atoms with E-state index in [1.54, 1.807) is 7.11 Å². The van der Waals surface area contributed by atoms with E-state index in [0.29, 0.717) is 32.9 Å². The molecule has 0 aliphatic rings. The van der Waals surface area contributed by atoms with Gasteiger partial charge in [-0.1, -0.05) is 36.4 Å². The van der Waals surface area contributed by atoms with Gasteiger partial charge >= 0.3 is 0 Å². The summed E-state index contributed by atoms with van der Waals surface area (Å²) in [6.45, 7) is 8.66. The first-order chi connectivity index (χ1) is 14.2. The van der Waals surface area contributed by atoms with Crippen LogP contribution in [0.1, 0.15) is 30.5 Å². The Hall–Kier alpha value is -1.84. The highest BCUT2D eigenvalue weighted by molar-refractivity contribution is 14.0. The van der Waals surface area contributed by atoms with Gasteiger partial charge in [0.05, 0.1) is 33.5 Å². The number of aliphatic imine (C=N–C) groups is 1. The maximum absolute atomic E-state index is 5.65. The third-order valence-corrected chi connectivity index (χ3v) is 4.19. The van der Waals surface area contributed by atoms with Crippen molar-refractivity contribution >= 4 is 29.9 Å². The Morgan fingerprint density at radius 3 is 2.40 bits per heavy atom. The lowest BCUT2D eigenvalue weighted by molar-refractivity contribution is 0.0453. The van der Waals surface area contributed by atoms with E-state index in [2.05, 4.69) is 41.8 Å². The molecule has 0 saturated heterocycles. The average molecular weight is 527 g/mol. The summed E-state index contributed by atoms with van der Waals surface area (Å²) in [6, 6.07) is 16.3. The molecule has 0 fully saturated rings. The lowest BCUT2D eigenvalue weighted by Crippen LogP contribution is -2.36. The molecule has 0 heterocycles. The number of nitrogens with zero attached hydrogens (tertiary/aromatic N) is 1. The van der Waals surface area contributed by atoms with E-state index in [9.17, 15) is 0 Å². The predicted molar refractivity (Wildman–Crippen MR) is 133 cm³/mol. The fourth-order valence-electron chi connectivity index (χ4n) is 2.75. The molecule has 0 bridgehead atoms. The second kappa shape index (κ2) is 15.9. The number of guanidine groups is 1. The number of ether oxygens (including phenoxy) is 3. The van der Waals surface area contributed by atoms with Gasteiger partial charge in [0.15, 0.2) is 5.96 Å². The van der Waals surface area contributed by atoms with E-state index in [-0.39, 0.29) is 24.0 Å². The summed E-state index contributed by atoms with van der Waals surface area (Å²) in [5.41, 5.74) is 3.43. The lowest BCUT2D eigenvalue weighted by atomic mass is 10.1. The number of benzene rings is 2. The minimum atomic E-state index is 0. The molecule has 0 aliphatic carbocycles. The fourth-order valence-corrected chi connectivity index (χ4v) is 2.75. The van der Waals surface area contributed by atoms with Crippen LogP contribution in [0.2, 0.25) is 0 Å². The van der Waals surface area contributed by atoms with Crippen LogP contribution in [0.4, 0.5) is 0 Å². The number of halogens is 1. The monoisotopic (exact) mass is 527 g/mol. The molecule has 30 heavy (non-hydrogen) atoms. The standard InChI is InChI=1S/C23H33N3O3.HI/c1-4-24-23(26-17-20-9-7-11-22(15-20)27-3)25-16-19-8-6-10-21(14-19)18-29-13-12-28-5-2;/h6-11,14-15H,4-5,12-13,16-18H2,1-3H3,(H2,24,25,26);1H. The van der Waals surface area contributed by atoms with E-state index >= 15 is 0 Å². The maximum atomic E-state index is 5.65. The largest absolute Gasteiger partial charge is 0.497 e. The highest BCUT2D eigenvalue weighted by atomic mass is 127. The zero-order valence-electron chi connectivity index (χ0n) is 18.1. The van der Waals surface area contributed by atoms with Crippen molar-refractivity contribution in [2.75, 3.05) is 33.5 Å². The highest BCUT2D eigenvalue weighted by Crippen LogP contribution is 2.12. The Morgan fingerprint density at radius 2 is 1.63 bits per heavy atom. The summed E-state index contributed by atoms with van der Waals surface area (Å²) in [5.74, 6) is 1.64. The summed E-state index contributed by atoms with van der Waals surface area (Å²) in [4.78, 5) is 4.71. The normalized spacial score (nSPS) is 11.0. The van der Waals surface area contributed by atoms with E-state index in [1.165, 1.54) is 0 Å². The van der Waals surface area contributed by atoms with Gasteiger partial charge in [0.1, 0.15) is 5.75 Å². The molecular weight excluding hydrogens is 493 g/mol. The van der Waals surface area contributed by atoms with Crippen LogP contribution in [0, 0.1) is 0 Å². The highest BCUT2D eigenvalue weighted by Gasteiger charge is 2.01. The van der Waals surface area contributed by atoms with Crippen molar-refractivity contribution in [2.24, 2.45) is 4.99 Å². The summed E-state index contributed by atoms with van der Waals surface area (Å²) in [5, 5.41) is 6.66. The van der Waals surface area contributed by atoms with Gasteiger partial charge in [0, 0.05) is 19.7 Å². The molecule has 6 nitrogen and oxygen atoms in total. The van der Waals surface area contributed by atoms with Crippen molar-refractivity contribution in [1.29, 1.82) is 0 Å². The van der Waals surface area contributed by atoms with Gasteiger partial charge in [0.25, 0.3) is 0 Å².